The highest BCUT2D eigenvalue weighted by Gasteiger charge is 2.33. The number of nitrogens with zero attached hydrogens (tertiary/aromatic N) is 2. The number of para-hydroxylation sites is 1. The first-order chi connectivity index (χ1) is 15.8. The molecule has 1 fully saturated rings. The third-order valence-corrected chi connectivity index (χ3v) is 8.16. The van der Waals surface area contributed by atoms with Gasteiger partial charge in [-0.15, -0.1) is 15.7 Å². The molecule has 0 saturated heterocycles. The highest BCUT2D eigenvalue weighted by molar-refractivity contribution is 7.90. The zero-order valence-electron chi connectivity index (χ0n) is 17.2. The molecule has 5 rings (SSSR count). The van der Waals surface area contributed by atoms with E-state index in [0.29, 0.717) is 16.5 Å². The predicted molar refractivity (Wildman–Crippen MR) is 125 cm³/mol. The summed E-state index contributed by atoms with van der Waals surface area (Å²) < 4.78 is 31.2. The Labute approximate surface area is 192 Å². The zero-order valence-corrected chi connectivity index (χ0v) is 18.8. The van der Waals surface area contributed by atoms with Crippen molar-refractivity contribution in [1.82, 2.24) is 9.99 Å². The number of aromatic nitrogens is 1. The monoisotopic (exact) mass is 488 g/mol. The number of amides is 2. The van der Waals surface area contributed by atoms with Crippen LogP contribution in [0, 0.1) is 0 Å². The van der Waals surface area contributed by atoms with Crippen molar-refractivity contribution in [3.05, 3.63) is 51.1 Å². The van der Waals surface area contributed by atoms with E-state index >= 15 is 0 Å². The van der Waals surface area contributed by atoms with Crippen LogP contribution >= 0.6 is 11.3 Å². The topological polar surface area (TPSA) is 168 Å². The molecule has 11 nitrogen and oxygen atoms in total. The molecule has 0 bridgehead atoms. The molecule has 172 valence electrons. The molecule has 1 saturated carbocycles. The summed E-state index contributed by atoms with van der Waals surface area (Å²) in [6.45, 7) is -0.0910. The maximum atomic E-state index is 13.5. The van der Waals surface area contributed by atoms with Crippen LogP contribution < -0.4 is 27.4 Å². The van der Waals surface area contributed by atoms with Crippen LogP contribution in [0.15, 0.2) is 43.7 Å². The molecule has 0 radical (unpaired) electrons. The smallest absolute Gasteiger partial charge is 0.312 e. The van der Waals surface area contributed by atoms with Gasteiger partial charge in [0.1, 0.15) is 21.2 Å². The quantitative estimate of drug-likeness (QED) is 0.363. The van der Waals surface area contributed by atoms with Crippen molar-refractivity contribution in [2.24, 2.45) is 10.1 Å². The molecule has 13 heteroatoms. The number of carbonyl (C=O) groups excluding carboxylic acids is 1. The van der Waals surface area contributed by atoms with Crippen LogP contribution in [0.1, 0.15) is 30.4 Å². The summed E-state index contributed by atoms with van der Waals surface area (Å²) in [5.41, 5.74) is 8.19. The number of urea groups is 1. The van der Waals surface area contributed by atoms with Gasteiger partial charge in [0, 0.05) is 23.5 Å². The summed E-state index contributed by atoms with van der Waals surface area (Å²) in [7, 11) is -4.23. The van der Waals surface area contributed by atoms with Crippen LogP contribution in [0.3, 0.4) is 0 Å². The molecule has 3 aromatic rings. The van der Waals surface area contributed by atoms with Crippen LogP contribution in [0.4, 0.5) is 9.80 Å². The summed E-state index contributed by atoms with van der Waals surface area (Å²) in [6, 6.07) is 6.13. The minimum atomic E-state index is -4.23. The van der Waals surface area contributed by atoms with E-state index in [1.165, 1.54) is 4.68 Å². The van der Waals surface area contributed by atoms with E-state index in [9.17, 15) is 23.1 Å². The minimum absolute atomic E-state index is 0.0910. The predicted octanol–water partition coefficient (Wildman–Crippen LogP) is 1.59. The number of amidine groups is 1. The number of hydrogen-bond acceptors (Lipinski definition) is 8. The molecule has 0 atom stereocenters. The first-order valence-electron chi connectivity index (χ1n) is 10.2. The summed E-state index contributed by atoms with van der Waals surface area (Å²) in [6.07, 6.45) is 2.87. The molecule has 0 spiro atoms. The van der Waals surface area contributed by atoms with Gasteiger partial charge < -0.3 is 26.9 Å². The van der Waals surface area contributed by atoms with Crippen molar-refractivity contribution in [3.8, 4) is 5.75 Å². The van der Waals surface area contributed by atoms with Crippen molar-refractivity contribution in [2.45, 2.75) is 36.7 Å². The second-order valence-corrected chi connectivity index (χ2v) is 10.2. The van der Waals surface area contributed by atoms with Crippen LogP contribution in [0.5, 0.6) is 5.75 Å². The molecule has 1 aliphatic heterocycles. The average molecular weight is 489 g/mol. The van der Waals surface area contributed by atoms with Gasteiger partial charge >= 0.3 is 6.03 Å². The number of aromatic hydroxyl groups is 1. The van der Waals surface area contributed by atoms with Gasteiger partial charge in [-0.1, -0.05) is 12.1 Å². The summed E-state index contributed by atoms with van der Waals surface area (Å²) in [5.74, 6) is -0.629. The molecule has 0 unspecified atom stereocenters. The second-order valence-electron chi connectivity index (χ2n) is 7.82. The molecular weight excluding hydrogens is 468 g/mol. The molecule has 2 amide bonds. The van der Waals surface area contributed by atoms with Crippen molar-refractivity contribution in [3.63, 3.8) is 0 Å². The third kappa shape index (κ3) is 3.58. The van der Waals surface area contributed by atoms with E-state index in [2.05, 4.69) is 20.5 Å². The number of primary amides is 1. The summed E-state index contributed by atoms with van der Waals surface area (Å²) >= 11 is 1.08. The fourth-order valence-electron chi connectivity index (χ4n) is 3.85. The Hall–Kier alpha value is -3.58. The summed E-state index contributed by atoms with van der Waals surface area (Å²) in [4.78, 5) is 24.4. The van der Waals surface area contributed by atoms with Crippen LogP contribution in [0.2, 0.25) is 0 Å². The molecule has 1 aliphatic carbocycles. The lowest BCUT2D eigenvalue weighted by Gasteiger charge is -2.29. The van der Waals surface area contributed by atoms with Crippen molar-refractivity contribution < 1.29 is 18.3 Å². The first kappa shape index (κ1) is 21.3. The van der Waals surface area contributed by atoms with E-state index in [4.69, 9.17) is 5.73 Å². The maximum absolute atomic E-state index is 13.5. The number of nitrogens with two attached hydrogens (primary N) is 1. The van der Waals surface area contributed by atoms with Gasteiger partial charge in [-0.05, 0) is 36.8 Å². The molecule has 2 aromatic heterocycles. The number of fused-ring (bicyclic) bond motifs is 2. The number of pyridine rings is 1. The Balaban J connectivity index is 1.65. The van der Waals surface area contributed by atoms with E-state index in [-0.39, 0.29) is 39.6 Å². The fourth-order valence-corrected chi connectivity index (χ4v) is 6.45. The molecule has 2 aliphatic rings. The first-order valence-corrected chi connectivity index (χ1v) is 12.5. The zero-order chi connectivity index (χ0) is 23.3. The van der Waals surface area contributed by atoms with Crippen LogP contribution in [-0.4, -0.2) is 36.1 Å². The SMILES string of the molecule is NC(=O)NCc1csc2c1S(=O)(=O)N=C(c1c(O)c3ccccc3n(NC3CCC3)c1=O)N2. The van der Waals surface area contributed by atoms with E-state index in [1.807, 2.05) is 0 Å². The number of thiophene rings is 1. The highest BCUT2D eigenvalue weighted by Crippen LogP contribution is 2.38. The Morgan fingerprint density at radius 2 is 2.09 bits per heavy atom. The second kappa shape index (κ2) is 7.78. The van der Waals surface area contributed by atoms with Crippen LogP contribution in [0.25, 0.3) is 10.9 Å². The fraction of sp³-hybridized carbons (Fsp3) is 0.250. The summed E-state index contributed by atoms with van der Waals surface area (Å²) in [5, 5.41) is 18.4. The standard InChI is InChI=1S/C20H20N6O5S2/c21-20(29)22-8-10-9-32-18-16(10)33(30,31)25-17(23-18)14-15(27)12-6-1-2-7-13(12)26(19(14)28)24-11-4-3-5-11/h1-2,6-7,9,11,24,27H,3-5,8H2,(H,23,25)(H3,21,22,29). The number of anilines is 1. The maximum Gasteiger partial charge on any atom is 0.312 e. The molecular formula is C20H20N6O5S2. The van der Waals surface area contributed by atoms with Gasteiger partial charge in [-0.3, -0.25) is 4.79 Å². The van der Waals surface area contributed by atoms with Crippen molar-refractivity contribution in [1.29, 1.82) is 0 Å². The third-order valence-electron chi connectivity index (χ3n) is 5.68. The number of rotatable bonds is 5. The number of benzene rings is 1. The van der Waals surface area contributed by atoms with Gasteiger partial charge in [0.25, 0.3) is 15.6 Å². The lowest BCUT2D eigenvalue weighted by Crippen LogP contribution is -2.42. The van der Waals surface area contributed by atoms with E-state index in [1.54, 1.807) is 29.6 Å². The molecule has 33 heavy (non-hydrogen) atoms. The van der Waals surface area contributed by atoms with E-state index < -0.39 is 21.6 Å². The van der Waals surface area contributed by atoms with Gasteiger partial charge in [-0.25, -0.2) is 9.47 Å². The largest absolute Gasteiger partial charge is 0.506 e. The van der Waals surface area contributed by atoms with Gasteiger partial charge in [-0.2, -0.15) is 8.42 Å². The Kier molecular flexibility index (Phi) is 5.01. The Morgan fingerprint density at radius 3 is 2.79 bits per heavy atom. The number of hydrogen-bond donors (Lipinski definition) is 5. The Bertz CT molecular complexity index is 1490. The highest BCUT2D eigenvalue weighted by atomic mass is 32.2. The van der Waals surface area contributed by atoms with Gasteiger partial charge in [0.15, 0.2) is 5.84 Å². The lowest BCUT2D eigenvalue weighted by molar-refractivity contribution is 0.248. The molecule has 1 aromatic carbocycles. The van der Waals surface area contributed by atoms with Crippen molar-refractivity contribution >= 4 is 49.1 Å². The lowest BCUT2D eigenvalue weighted by atomic mass is 9.94. The number of sulfonamides is 1. The van der Waals surface area contributed by atoms with Crippen molar-refractivity contribution in [2.75, 3.05) is 10.7 Å². The number of nitrogens with one attached hydrogen (secondary N) is 3. The Morgan fingerprint density at radius 1 is 1.33 bits per heavy atom. The number of carbonyl (C=O) groups is 1. The molecule has 6 N–H and O–H groups in total. The average Bonchev–Trinajstić information content (AvgIpc) is 3.15. The van der Waals surface area contributed by atoms with Gasteiger partial charge in [0.05, 0.1) is 5.52 Å². The molecule has 3 heterocycles. The van der Waals surface area contributed by atoms with Gasteiger partial charge in [0.2, 0.25) is 0 Å². The minimum Gasteiger partial charge on any atom is -0.506 e. The normalized spacial score (nSPS) is 16.9. The van der Waals surface area contributed by atoms with E-state index in [0.717, 1.165) is 30.6 Å². The van der Waals surface area contributed by atoms with Crippen LogP contribution in [-0.2, 0) is 16.6 Å².